The van der Waals surface area contributed by atoms with Crippen molar-refractivity contribution in [1.82, 2.24) is 10.2 Å². The summed E-state index contributed by atoms with van der Waals surface area (Å²) in [7, 11) is 0. The van der Waals surface area contributed by atoms with Crippen molar-refractivity contribution in [2.45, 2.75) is 45.9 Å². The molecule has 1 aromatic rings. The second-order valence-electron chi connectivity index (χ2n) is 6.30. The number of nitrogens with one attached hydrogen (secondary N) is 1. The Morgan fingerprint density at radius 2 is 2.05 bits per heavy atom. The standard InChI is InChI=1S/C16H26N2O/c1-13(2)19-15-8-6-5-7-14(15)11-18-10-9-17-16(3,4)12-18/h5-8,13,17H,9-12H2,1-4H3. The van der Waals surface area contributed by atoms with E-state index in [1.165, 1.54) is 5.56 Å². The van der Waals surface area contributed by atoms with Crippen molar-refractivity contribution >= 4 is 0 Å². The highest BCUT2D eigenvalue weighted by Gasteiger charge is 2.25. The van der Waals surface area contributed by atoms with Crippen molar-refractivity contribution in [3.05, 3.63) is 29.8 Å². The minimum atomic E-state index is 0.200. The van der Waals surface area contributed by atoms with Crippen molar-refractivity contribution in [2.75, 3.05) is 19.6 Å². The number of nitrogens with zero attached hydrogens (tertiary/aromatic N) is 1. The van der Waals surface area contributed by atoms with Crippen LogP contribution < -0.4 is 10.1 Å². The monoisotopic (exact) mass is 262 g/mol. The van der Waals surface area contributed by atoms with Crippen LogP contribution in [-0.2, 0) is 6.54 Å². The van der Waals surface area contributed by atoms with E-state index >= 15 is 0 Å². The minimum absolute atomic E-state index is 0.200. The lowest BCUT2D eigenvalue weighted by atomic mass is 10.0. The highest BCUT2D eigenvalue weighted by Crippen LogP contribution is 2.22. The van der Waals surface area contributed by atoms with Gasteiger partial charge in [0.2, 0.25) is 0 Å². The third-order valence-electron chi connectivity index (χ3n) is 3.38. The Bertz CT molecular complexity index is 415. The van der Waals surface area contributed by atoms with Crippen LogP contribution in [0.1, 0.15) is 33.3 Å². The summed E-state index contributed by atoms with van der Waals surface area (Å²) in [5.41, 5.74) is 1.49. The normalized spacial score (nSPS) is 19.6. The first-order chi connectivity index (χ1) is 8.96. The molecule has 0 unspecified atom stereocenters. The van der Waals surface area contributed by atoms with Gasteiger partial charge in [0.1, 0.15) is 5.75 Å². The Balaban J connectivity index is 2.06. The second-order valence-corrected chi connectivity index (χ2v) is 6.30. The first-order valence-electron chi connectivity index (χ1n) is 7.18. The largest absolute Gasteiger partial charge is 0.491 e. The Morgan fingerprint density at radius 3 is 2.74 bits per heavy atom. The lowest BCUT2D eigenvalue weighted by molar-refractivity contribution is 0.145. The molecule has 1 aromatic carbocycles. The topological polar surface area (TPSA) is 24.5 Å². The van der Waals surface area contributed by atoms with Gasteiger partial charge >= 0.3 is 0 Å². The van der Waals surface area contributed by atoms with E-state index in [-0.39, 0.29) is 11.6 Å². The van der Waals surface area contributed by atoms with Crippen LogP contribution in [0.2, 0.25) is 0 Å². The van der Waals surface area contributed by atoms with E-state index in [1.54, 1.807) is 0 Å². The predicted molar refractivity (Wildman–Crippen MR) is 79.6 cm³/mol. The molecule has 1 aliphatic rings. The van der Waals surface area contributed by atoms with Gasteiger partial charge < -0.3 is 10.1 Å². The van der Waals surface area contributed by atoms with Crippen molar-refractivity contribution in [2.24, 2.45) is 0 Å². The number of para-hydroxylation sites is 1. The van der Waals surface area contributed by atoms with Gasteiger partial charge in [-0.15, -0.1) is 0 Å². The van der Waals surface area contributed by atoms with E-state index in [9.17, 15) is 0 Å². The third kappa shape index (κ3) is 4.22. The molecule has 1 aliphatic heterocycles. The molecule has 0 spiro atoms. The molecule has 0 bridgehead atoms. The average Bonchev–Trinajstić information content (AvgIpc) is 2.30. The van der Waals surface area contributed by atoms with Gasteiger partial charge in [-0.3, -0.25) is 4.90 Å². The van der Waals surface area contributed by atoms with Gasteiger partial charge in [-0.25, -0.2) is 0 Å². The van der Waals surface area contributed by atoms with Crippen LogP contribution in [0.25, 0.3) is 0 Å². The highest BCUT2D eigenvalue weighted by atomic mass is 16.5. The molecule has 0 saturated carbocycles. The lowest BCUT2D eigenvalue weighted by Crippen LogP contribution is -2.56. The van der Waals surface area contributed by atoms with E-state index in [2.05, 4.69) is 56.1 Å². The van der Waals surface area contributed by atoms with Crippen molar-refractivity contribution in [1.29, 1.82) is 0 Å². The molecule has 0 aliphatic carbocycles. The number of benzene rings is 1. The molecular formula is C16H26N2O. The van der Waals surface area contributed by atoms with Crippen LogP contribution in [0, 0.1) is 0 Å². The van der Waals surface area contributed by atoms with Gasteiger partial charge in [0, 0.05) is 37.3 Å². The maximum Gasteiger partial charge on any atom is 0.124 e. The molecule has 1 fully saturated rings. The molecule has 19 heavy (non-hydrogen) atoms. The van der Waals surface area contributed by atoms with Crippen molar-refractivity contribution in [3.63, 3.8) is 0 Å². The molecule has 3 nitrogen and oxygen atoms in total. The van der Waals surface area contributed by atoms with Crippen LogP contribution in [0.15, 0.2) is 24.3 Å². The first-order valence-corrected chi connectivity index (χ1v) is 7.18. The summed E-state index contributed by atoms with van der Waals surface area (Å²) in [6.07, 6.45) is 0.223. The molecule has 1 saturated heterocycles. The predicted octanol–water partition coefficient (Wildman–Crippen LogP) is 2.66. The fourth-order valence-electron chi connectivity index (χ4n) is 2.63. The number of rotatable bonds is 4. The van der Waals surface area contributed by atoms with Crippen molar-refractivity contribution in [3.8, 4) is 5.75 Å². The third-order valence-corrected chi connectivity index (χ3v) is 3.38. The quantitative estimate of drug-likeness (QED) is 0.903. The second kappa shape index (κ2) is 5.93. The molecule has 1 heterocycles. The summed E-state index contributed by atoms with van der Waals surface area (Å²) in [6.45, 7) is 12.9. The van der Waals surface area contributed by atoms with E-state index in [1.807, 2.05) is 6.07 Å². The minimum Gasteiger partial charge on any atom is -0.491 e. The smallest absolute Gasteiger partial charge is 0.124 e. The van der Waals surface area contributed by atoms with Crippen molar-refractivity contribution < 1.29 is 4.74 Å². The van der Waals surface area contributed by atoms with E-state index in [0.717, 1.165) is 31.9 Å². The molecule has 106 valence electrons. The molecule has 0 aromatic heterocycles. The number of hydrogen-bond acceptors (Lipinski definition) is 3. The van der Waals surface area contributed by atoms with Gasteiger partial charge in [0.25, 0.3) is 0 Å². The average molecular weight is 262 g/mol. The fourth-order valence-corrected chi connectivity index (χ4v) is 2.63. The van der Waals surface area contributed by atoms with Crippen LogP contribution in [0.5, 0.6) is 5.75 Å². The maximum atomic E-state index is 5.90. The number of ether oxygens (including phenoxy) is 1. The summed E-state index contributed by atoms with van der Waals surface area (Å²) in [6, 6.07) is 8.38. The summed E-state index contributed by atoms with van der Waals surface area (Å²) in [4.78, 5) is 2.50. The van der Waals surface area contributed by atoms with Gasteiger partial charge in [0.05, 0.1) is 6.10 Å². The molecule has 0 amide bonds. The van der Waals surface area contributed by atoms with Gasteiger partial charge in [0.15, 0.2) is 0 Å². The summed E-state index contributed by atoms with van der Waals surface area (Å²) >= 11 is 0. The highest BCUT2D eigenvalue weighted by molar-refractivity contribution is 5.33. The van der Waals surface area contributed by atoms with E-state index in [0.29, 0.717) is 0 Å². The van der Waals surface area contributed by atoms with Crippen LogP contribution >= 0.6 is 0 Å². The number of piperazine rings is 1. The molecule has 1 N–H and O–H groups in total. The SMILES string of the molecule is CC(C)Oc1ccccc1CN1CCNC(C)(C)C1. The molecule has 0 radical (unpaired) electrons. The maximum absolute atomic E-state index is 5.90. The van der Waals surface area contributed by atoms with Crippen LogP contribution in [-0.4, -0.2) is 36.2 Å². The zero-order chi connectivity index (χ0) is 13.9. The summed E-state index contributed by atoms with van der Waals surface area (Å²) < 4.78 is 5.90. The zero-order valence-electron chi connectivity index (χ0n) is 12.6. The Morgan fingerprint density at radius 1 is 1.32 bits per heavy atom. The van der Waals surface area contributed by atoms with E-state index < -0.39 is 0 Å². The first kappa shape index (κ1) is 14.4. The van der Waals surface area contributed by atoms with Gasteiger partial charge in [-0.2, -0.15) is 0 Å². The molecule has 2 rings (SSSR count). The summed E-state index contributed by atoms with van der Waals surface area (Å²) in [5.74, 6) is 1.02. The lowest BCUT2D eigenvalue weighted by Gasteiger charge is -2.39. The zero-order valence-corrected chi connectivity index (χ0v) is 12.6. The molecular weight excluding hydrogens is 236 g/mol. The summed E-state index contributed by atoms with van der Waals surface area (Å²) in [5, 5.41) is 3.55. The Kier molecular flexibility index (Phi) is 4.48. The van der Waals surface area contributed by atoms with Gasteiger partial charge in [-0.1, -0.05) is 18.2 Å². The fraction of sp³-hybridized carbons (Fsp3) is 0.625. The van der Waals surface area contributed by atoms with E-state index in [4.69, 9.17) is 4.74 Å². The Labute approximate surface area is 116 Å². The molecule has 0 atom stereocenters. The van der Waals surface area contributed by atoms with Crippen LogP contribution in [0.4, 0.5) is 0 Å². The number of hydrogen-bond donors (Lipinski definition) is 1. The molecule has 3 heteroatoms. The Hall–Kier alpha value is -1.06. The van der Waals surface area contributed by atoms with Gasteiger partial charge in [-0.05, 0) is 33.8 Å². The van der Waals surface area contributed by atoms with Crippen LogP contribution in [0.3, 0.4) is 0 Å².